The van der Waals surface area contributed by atoms with Crippen LogP contribution < -0.4 is 10.6 Å². The van der Waals surface area contributed by atoms with E-state index in [1.54, 1.807) is 0 Å². The summed E-state index contributed by atoms with van der Waals surface area (Å²) in [4.78, 5) is 15.2. The second-order valence-corrected chi connectivity index (χ2v) is 7.46. The molecule has 6 nitrogen and oxygen atoms in total. The average molecular weight is 353 g/mol. The van der Waals surface area contributed by atoms with Gasteiger partial charge in [-0.15, -0.1) is 0 Å². The van der Waals surface area contributed by atoms with Crippen molar-refractivity contribution >= 4 is 5.91 Å². The first-order valence-corrected chi connectivity index (χ1v) is 9.56. The molecule has 3 heterocycles. The molecule has 1 aromatic carbocycles. The fourth-order valence-corrected chi connectivity index (χ4v) is 4.07. The summed E-state index contributed by atoms with van der Waals surface area (Å²) in [5, 5.41) is 13.8. The van der Waals surface area contributed by atoms with E-state index in [9.17, 15) is 4.79 Å². The molecule has 1 amide bonds. The second-order valence-electron chi connectivity index (χ2n) is 7.46. The fourth-order valence-electron chi connectivity index (χ4n) is 4.07. The summed E-state index contributed by atoms with van der Waals surface area (Å²) in [6, 6.07) is 11.2. The van der Waals surface area contributed by atoms with Crippen molar-refractivity contribution in [3.8, 4) is 0 Å². The first-order valence-electron chi connectivity index (χ1n) is 9.56. The van der Waals surface area contributed by atoms with Crippen molar-refractivity contribution in [2.24, 2.45) is 0 Å². The predicted molar refractivity (Wildman–Crippen MR) is 101 cm³/mol. The van der Waals surface area contributed by atoms with Crippen molar-refractivity contribution in [3.63, 3.8) is 0 Å². The molecule has 0 radical (unpaired) electrons. The number of aromatic nitrogens is 2. The van der Waals surface area contributed by atoms with Crippen LogP contribution in [-0.4, -0.2) is 46.2 Å². The van der Waals surface area contributed by atoms with E-state index in [0.29, 0.717) is 11.7 Å². The lowest BCUT2D eigenvalue weighted by atomic mass is 9.97. The highest BCUT2D eigenvalue weighted by Gasteiger charge is 2.28. The van der Waals surface area contributed by atoms with E-state index in [-0.39, 0.29) is 11.9 Å². The van der Waals surface area contributed by atoms with E-state index in [1.165, 1.54) is 5.56 Å². The zero-order chi connectivity index (χ0) is 17.9. The normalized spacial score (nSPS) is 23.4. The number of rotatable bonds is 4. The molecule has 0 aliphatic carbocycles. The molecule has 1 saturated heterocycles. The van der Waals surface area contributed by atoms with E-state index in [4.69, 9.17) is 0 Å². The van der Waals surface area contributed by atoms with Gasteiger partial charge in [-0.3, -0.25) is 14.8 Å². The number of carbonyl (C=O) groups excluding carboxylic acids is 1. The highest BCUT2D eigenvalue weighted by molar-refractivity contribution is 5.94. The molecule has 1 aromatic heterocycles. The Balaban J connectivity index is 1.34. The van der Waals surface area contributed by atoms with Crippen molar-refractivity contribution in [2.45, 2.75) is 51.4 Å². The maximum Gasteiger partial charge on any atom is 0.272 e. The predicted octanol–water partition coefficient (Wildman–Crippen LogP) is 1.84. The number of likely N-dealkylation sites (tertiary alicyclic amines) is 1. The first kappa shape index (κ1) is 17.2. The van der Waals surface area contributed by atoms with Gasteiger partial charge in [-0.25, -0.2) is 0 Å². The van der Waals surface area contributed by atoms with Crippen LogP contribution in [0.25, 0.3) is 0 Å². The third-order valence-electron chi connectivity index (χ3n) is 5.60. The van der Waals surface area contributed by atoms with Crippen LogP contribution in [0.3, 0.4) is 0 Å². The number of fused-ring (bicyclic) bond motifs is 1. The van der Waals surface area contributed by atoms with Crippen LogP contribution in [0.4, 0.5) is 0 Å². The topological polar surface area (TPSA) is 73.0 Å². The van der Waals surface area contributed by atoms with Gasteiger partial charge in [0.25, 0.3) is 5.91 Å². The maximum absolute atomic E-state index is 12.7. The Bertz CT molecular complexity index is 757. The van der Waals surface area contributed by atoms with Gasteiger partial charge in [0.05, 0.1) is 0 Å². The van der Waals surface area contributed by atoms with Crippen LogP contribution >= 0.6 is 0 Å². The second kappa shape index (κ2) is 7.60. The zero-order valence-corrected chi connectivity index (χ0v) is 15.3. The van der Waals surface area contributed by atoms with Crippen LogP contribution in [-0.2, 0) is 19.5 Å². The van der Waals surface area contributed by atoms with E-state index < -0.39 is 0 Å². The van der Waals surface area contributed by atoms with Gasteiger partial charge < -0.3 is 10.6 Å². The molecule has 6 heteroatoms. The standard InChI is InChI=1S/C20H27N5O/c1-14-11-16(8-10-25(14)13-15-5-3-2-4-6-15)22-20(26)19-17-12-21-9-7-18(17)23-24-19/h2-6,14,16,21H,7-13H2,1H3,(H,22,26)(H,23,24). The van der Waals surface area contributed by atoms with Crippen molar-refractivity contribution in [1.29, 1.82) is 0 Å². The third kappa shape index (κ3) is 3.66. The minimum absolute atomic E-state index is 0.0418. The van der Waals surface area contributed by atoms with Gasteiger partial charge in [0, 0.05) is 55.9 Å². The average Bonchev–Trinajstić information content (AvgIpc) is 3.09. The Hall–Kier alpha value is -2.18. The lowest BCUT2D eigenvalue weighted by molar-refractivity contribution is 0.0861. The van der Waals surface area contributed by atoms with Crippen molar-refractivity contribution in [1.82, 2.24) is 25.7 Å². The molecule has 0 saturated carbocycles. The van der Waals surface area contributed by atoms with Crippen molar-refractivity contribution < 1.29 is 4.79 Å². The summed E-state index contributed by atoms with van der Waals surface area (Å²) in [6.07, 6.45) is 2.86. The fraction of sp³-hybridized carbons (Fsp3) is 0.500. The van der Waals surface area contributed by atoms with E-state index in [0.717, 1.165) is 56.7 Å². The lowest BCUT2D eigenvalue weighted by Crippen LogP contribution is -2.48. The molecular weight excluding hydrogens is 326 g/mol. The summed E-state index contributed by atoms with van der Waals surface area (Å²) in [5.41, 5.74) is 4.03. The monoisotopic (exact) mass is 353 g/mol. The number of hydrogen-bond donors (Lipinski definition) is 3. The van der Waals surface area contributed by atoms with E-state index >= 15 is 0 Å². The lowest BCUT2D eigenvalue weighted by Gasteiger charge is -2.38. The van der Waals surface area contributed by atoms with Gasteiger partial charge in [-0.2, -0.15) is 5.10 Å². The minimum Gasteiger partial charge on any atom is -0.348 e. The molecule has 138 valence electrons. The molecule has 3 N–H and O–H groups in total. The molecule has 2 unspecified atom stereocenters. The summed E-state index contributed by atoms with van der Waals surface area (Å²) in [5.74, 6) is -0.0418. The molecule has 2 atom stereocenters. The van der Waals surface area contributed by atoms with Crippen LogP contribution in [0.15, 0.2) is 30.3 Å². The quantitative estimate of drug-likeness (QED) is 0.784. The Morgan fingerprint density at radius 1 is 1.35 bits per heavy atom. The molecule has 2 aliphatic heterocycles. The largest absolute Gasteiger partial charge is 0.348 e. The number of nitrogens with one attached hydrogen (secondary N) is 3. The van der Waals surface area contributed by atoms with Gasteiger partial charge >= 0.3 is 0 Å². The molecule has 1 fully saturated rings. The molecule has 2 aliphatic rings. The highest BCUT2D eigenvalue weighted by Crippen LogP contribution is 2.21. The van der Waals surface area contributed by atoms with Crippen LogP contribution in [0.2, 0.25) is 0 Å². The van der Waals surface area contributed by atoms with Crippen LogP contribution in [0, 0.1) is 0 Å². The number of nitrogens with zero attached hydrogens (tertiary/aromatic N) is 2. The first-order chi connectivity index (χ1) is 12.7. The number of H-pyrrole nitrogens is 1. The molecule has 0 bridgehead atoms. The van der Waals surface area contributed by atoms with E-state index in [1.807, 2.05) is 0 Å². The van der Waals surface area contributed by atoms with Gasteiger partial charge in [0.15, 0.2) is 5.69 Å². The number of amides is 1. The van der Waals surface area contributed by atoms with Gasteiger partial charge in [0.1, 0.15) is 0 Å². The van der Waals surface area contributed by atoms with Gasteiger partial charge in [0.2, 0.25) is 0 Å². The van der Waals surface area contributed by atoms with Gasteiger partial charge in [-0.1, -0.05) is 30.3 Å². The summed E-state index contributed by atoms with van der Waals surface area (Å²) >= 11 is 0. The summed E-state index contributed by atoms with van der Waals surface area (Å²) in [7, 11) is 0. The van der Waals surface area contributed by atoms with Gasteiger partial charge in [-0.05, 0) is 25.3 Å². The Morgan fingerprint density at radius 3 is 3.00 bits per heavy atom. The number of carbonyl (C=O) groups is 1. The molecule has 4 rings (SSSR count). The van der Waals surface area contributed by atoms with Crippen LogP contribution in [0.5, 0.6) is 0 Å². The third-order valence-corrected chi connectivity index (χ3v) is 5.60. The minimum atomic E-state index is -0.0418. The number of benzene rings is 1. The smallest absolute Gasteiger partial charge is 0.272 e. The zero-order valence-electron chi connectivity index (χ0n) is 15.3. The Labute approximate surface area is 154 Å². The van der Waals surface area contributed by atoms with Crippen LogP contribution in [0.1, 0.15) is 47.1 Å². The maximum atomic E-state index is 12.7. The molecule has 26 heavy (non-hydrogen) atoms. The van der Waals surface area contributed by atoms with Crippen molar-refractivity contribution in [3.05, 3.63) is 52.8 Å². The number of aromatic amines is 1. The molecule has 0 spiro atoms. The number of piperidine rings is 1. The number of hydrogen-bond acceptors (Lipinski definition) is 4. The Kier molecular flexibility index (Phi) is 5.04. The highest BCUT2D eigenvalue weighted by atomic mass is 16.2. The summed E-state index contributed by atoms with van der Waals surface area (Å²) in [6.45, 7) is 5.89. The summed E-state index contributed by atoms with van der Waals surface area (Å²) < 4.78 is 0. The SMILES string of the molecule is CC1CC(NC(=O)c2n[nH]c3c2CNCC3)CCN1Cc1ccccc1. The Morgan fingerprint density at radius 2 is 2.19 bits per heavy atom. The van der Waals surface area contributed by atoms with Crippen molar-refractivity contribution in [2.75, 3.05) is 13.1 Å². The molecule has 2 aromatic rings. The van der Waals surface area contributed by atoms with E-state index in [2.05, 4.69) is 63.0 Å². The molecular formula is C20H27N5O.